The molecule has 28 heavy (non-hydrogen) atoms. The summed E-state index contributed by atoms with van der Waals surface area (Å²) in [6.45, 7) is 5.20. The third kappa shape index (κ3) is 4.91. The first-order chi connectivity index (χ1) is 13.3. The van der Waals surface area contributed by atoms with E-state index < -0.39 is 5.97 Å². The Balaban J connectivity index is 1.68. The standard InChI is InChI=1S/C21H27N3O4/c1-14(2)11-24-20(16-6-7-16)18(10-22-24)21(27)23(3)12-15-4-8-17(9-5-15)28-13-19(25)26/h4-5,8-10,14,16H,6-7,11-13H2,1-3H3,(H,25,26). The van der Waals surface area contributed by atoms with Gasteiger partial charge in [-0.3, -0.25) is 9.48 Å². The molecule has 1 aliphatic carbocycles. The number of amides is 1. The molecule has 1 aromatic carbocycles. The molecule has 0 radical (unpaired) electrons. The number of carboxylic acid groups (broad SMARTS) is 1. The molecule has 7 nitrogen and oxygen atoms in total. The lowest BCUT2D eigenvalue weighted by atomic mass is 10.1. The van der Waals surface area contributed by atoms with Crippen LogP contribution in [0.4, 0.5) is 0 Å². The average molecular weight is 385 g/mol. The van der Waals surface area contributed by atoms with Crippen molar-refractivity contribution in [3.63, 3.8) is 0 Å². The van der Waals surface area contributed by atoms with Gasteiger partial charge in [-0.25, -0.2) is 4.79 Å². The number of aliphatic carboxylic acids is 1. The molecule has 3 rings (SSSR count). The highest BCUT2D eigenvalue weighted by Gasteiger charge is 2.33. The highest BCUT2D eigenvalue weighted by atomic mass is 16.5. The van der Waals surface area contributed by atoms with Gasteiger partial charge in [0.05, 0.1) is 17.5 Å². The quantitative estimate of drug-likeness (QED) is 0.717. The number of carboxylic acids is 1. The van der Waals surface area contributed by atoms with Crippen molar-refractivity contribution in [2.75, 3.05) is 13.7 Å². The van der Waals surface area contributed by atoms with Crippen molar-refractivity contribution in [2.24, 2.45) is 5.92 Å². The summed E-state index contributed by atoms with van der Waals surface area (Å²) in [4.78, 5) is 25.3. The maximum atomic E-state index is 13.0. The van der Waals surface area contributed by atoms with Gasteiger partial charge in [-0.05, 0) is 36.5 Å². The maximum Gasteiger partial charge on any atom is 0.341 e. The third-order valence-electron chi connectivity index (χ3n) is 4.66. The maximum absolute atomic E-state index is 13.0. The molecule has 2 aromatic rings. The van der Waals surface area contributed by atoms with E-state index in [1.807, 2.05) is 16.8 Å². The van der Waals surface area contributed by atoms with Gasteiger partial charge in [-0.2, -0.15) is 5.10 Å². The topological polar surface area (TPSA) is 84.7 Å². The van der Waals surface area contributed by atoms with E-state index in [1.165, 1.54) is 0 Å². The van der Waals surface area contributed by atoms with E-state index in [0.29, 0.717) is 29.7 Å². The summed E-state index contributed by atoms with van der Waals surface area (Å²) in [6.07, 6.45) is 3.94. The molecule has 150 valence electrons. The van der Waals surface area contributed by atoms with Gasteiger partial charge in [-0.1, -0.05) is 26.0 Å². The Hall–Kier alpha value is -2.83. The molecular formula is C21H27N3O4. The molecule has 1 aliphatic rings. The van der Waals surface area contributed by atoms with Gasteiger partial charge in [-0.15, -0.1) is 0 Å². The summed E-state index contributed by atoms with van der Waals surface area (Å²) in [7, 11) is 1.79. The fraction of sp³-hybridized carbons (Fsp3) is 0.476. The number of benzene rings is 1. The van der Waals surface area contributed by atoms with Gasteiger partial charge in [0.1, 0.15) is 5.75 Å². The minimum atomic E-state index is -1.01. The van der Waals surface area contributed by atoms with Gasteiger partial charge < -0.3 is 14.7 Å². The van der Waals surface area contributed by atoms with Crippen molar-refractivity contribution in [1.29, 1.82) is 0 Å². The van der Waals surface area contributed by atoms with Crippen LogP contribution in [0.2, 0.25) is 0 Å². The SMILES string of the molecule is CC(C)Cn1ncc(C(=O)N(C)Cc2ccc(OCC(=O)O)cc2)c1C1CC1. The van der Waals surface area contributed by atoms with Crippen LogP contribution in [0.15, 0.2) is 30.5 Å². The van der Waals surface area contributed by atoms with E-state index in [4.69, 9.17) is 9.84 Å². The van der Waals surface area contributed by atoms with Crippen LogP contribution in [-0.2, 0) is 17.9 Å². The molecule has 7 heteroatoms. The number of hydrogen-bond donors (Lipinski definition) is 1. The number of aromatic nitrogens is 2. The smallest absolute Gasteiger partial charge is 0.341 e. The number of nitrogens with zero attached hydrogens (tertiary/aromatic N) is 3. The third-order valence-corrected chi connectivity index (χ3v) is 4.66. The van der Waals surface area contributed by atoms with Crippen molar-refractivity contribution in [1.82, 2.24) is 14.7 Å². The Morgan fingerprint density at radius 3 is 2.54 bits per heavy atom. The van der Waals surface area contributed by atoms with Crippen LogP contribution < -0.4 is 4.74 Å². The lowest BCUT2D eigenvalue weighted by molar-refractivity contribution is -0.139. The van der Waals surface area contributed by atoms with Crippen molar-refractivity contribution in [3.8, 4) is 5.75 Å². The van der Waals surface area contributed by atoms with E-state index in [0.717, 1.165) is 30.6 Å². The molecular weight excluding hydrogens is 358 g/mol. The molecule has 1 N–H and O–H groups in total. The summed E-state index contributed by atoms with van der Waals surface area (Å²) < 4.78 is 7.13. The van der Waals surface area contributed by atoms with Crippen molar-refractivity contribution in [3.05, 3.63) is 47.3 Å². The Labute approximate surface area is 164 Å². The van der Waals surface area contributed by atoms with E-state index in [9.17, 15) is 9.59 Å². The van der Waals surface area contributed by atoms with Gasteiger partial charge in [0.2, 0.25) is 0 Å². The first-order valence-electron chi connectivity index (χ1n) is 9.60. The predicted molar refractivity (Wildman–Crippen MR) is 104 cm³/mol. The number of carbonyl (C=O) groups excluding carboxylic acids is 1. The molecule has 0 aliphatic heterocycles. The fourth-order valence-corrected chi connectivity index (χ4v) is 3.23. The number of rotatable bonds is 9. The zero-order valence-corrected chi connectivity index (χ0v) is 16.6. The molecule has 1 heterocycles. The molecule has 0 atom stereocenters. The van der Waals surface area contributed by atoms with Gasteiger partial charge >= 0.3 is 5.97 Å². The molecule has 1 fully saturated rings. The molecule has 0 spiro atoms. The van der Waals surface area contributed by atoms with Gasteiger partial charge in [0, 0.05) is 26.1 Å². The lowest BCUT2D eigenvalue weighted by Crippen LogP contribution is -2.27. The van der Waals surface area contributed by atoms with Crippen LogP contribution in [-0.4, -0.2) is 45.3 Å². The van der Waals surface area contributed by atoms with E-state index in [-0.39, 0.29) is 12.5 Å². The predicted octanol–water partition coefficient (Wildman–Crippen LogP) is 3.15. The fourth-order valence-electron chi connectivity index (χ4n) is 3.23. The van der Waals surface area contributed by atoms with Crippen LogP contribution in [0.25, 0.3) is 0 Å². The zero-order valence-electron chi connectivity index (χ0n) is 16.6. The Kier molecular flexibility index (Phi) is 6.02. The van der Waals surface area contributed by atoms with Crippen LogP contribution in [0.1, 0.15) is 54.2 Å². The second kappa shape index (κ2) is 8.46. The Bertz CT molecular complexity index is 838. The number of ether oxygens (including phenoxy) is 1. The van der Waals surface area contributed by atoms with Gasteiger partial charge in [0.25, 0.3) is 5.91 Å². The molecule has 1 amide bonds. The average Bonchev–Trinajstić information content (AvgIpc) is 3.40. The highest BCUT2D eigenvalue weighted by Crippen LogP contribution is 2.42. The first-order valence-corrected chi connectivity index (χ1v) is 9.60. The second-order valence-corrected chi connectivity index (χ2v) is 7.78. The first kappa shape index (κ1) is 19.9. The van der Waals surface area contributed by atoms with Crippen LogP contribution in [0.3, 0.4) is 0 Å². The largest absolute Gasteiger partial charge is 0.482 e. The highest BCUT2D eigenvalue weighted by molar-refractivity contribution is 5.95. The monoisotopic (exact) mass is 385 g/mol. The summed E-state index contributed by atoms with van der Waals surface area (Å²) >= 11 is 0. The van der Waals surface area contributed by atoms with E-state index in [1.54, 1.807) is 30.3 Å². The second-order valence-electron chi connectivity index (χ2n) is 7.78. The molecule has 1 saturated carbocycles. The van der Waals surface area contributed by atoms with Crippen LogP contribution in [0, 0.1) is 5.92 Å². The minimum Gasteiger partial charge on any atom is -0.482 e. The molecule has 0 bridgehead atoms. The van der Waals surface area contributed by atoms with Gasteiger partial charge in [0.15, 0.2) is 6.61 Å². The van der Waals surface area contributed by atoms with Crippen molar-refractivity contribution < 1.29 is 19.4 Å². The van der Waals surface area contributed by atoms with Crippen molar-refractivity contribution in [2.45, 2.75) is 45.7 Å². The zero-order chi connectivity index (χ0) is 20.3. The van der Waals surface area contributed by atoms with Crippen molar-refractivity contribution >= 4 is 11.9 Å². The molecule has 0 saturated heterocycles. The summed E-state index contributed by atoms with van der Waals surface area (Å²) in [6, 6.07) is 7.11. The molecule has 1 aromatic heterocycles. The van der Waals surface area contributed by atoms with Crippen LogP contribution in [0.5, 0.6) is 5.75 Å². The summed E-state index contributed by atoms with van der Waals surface area (Å²) in [5.41, 5.74) is 2.72. The van der Waals surface area contributed by atoms with E-state index >= 15 is 0 Å². The lowest BCUT2D eigenvalue weighted by Gasteiger charge is -2.18. The Morgan fingerprint density at radius 1 is 1.29 bits per heavy atom. The molecule has 0 unspecified atom stereocenters. The number of hydrogen-bond acceptors (Lipinski definition) is 4. The minimum absolute atomic E-state index is 0.0249. The van der Waals surface area contributed by atoms with Crippen LogP contribution >= 0.6 is 0 Å². The van der Waals surface area contributed by atoms with E-state index in [2.05, 4.69) is 18.9 Å². The summed E-state index contributed by atoms with van der Waals surface area (Å²) in [5, 5.41) is 13.1. The summed E-state index contributed by atoms with van der Waals surface area (Å²) in [5.74, 6) is 0.368. The Morgan fingerprint density at radius 2 is 1.96 bits per heavy atom. The number of carbonyl (C=O) groups is 2. The normalized spacial score (nSPS) is 13.6.